The van der Waals surface area contributed by atoms with Gasteiger partial charge >= 0.3 is 0 Å². The number of hydrogen-bond donors (Lipinski definition) is 2. The smallest absolute Gasteiger partial charge is 0.229 e. The van der Waals surface area contributed by atoms with Gasteiger partial charge in [-0.3, -0.25) is 24.1 Å². The quantitative estimate of drug-likeness (QED) is 0.668. The SMILES string of the molecule is CC(=O)NCc1ccc(-c2nc(NC(=O)CCN3C(=O)CCC3=O)sc2C)s1. The van der Waals surface area contributed by atoms with Gasteiger partial charge in [0.05, 0.1) is 17.1 Å². The summed E-state index contributed by atoms with van der Waals surface area (Å²) in [6.07, 6.45) is 0.492. The van der Waals surface area contributed by atoms with Gasteiger partial charge in [0.1, 0.15) is 0 Å². The van der Waals surface area contributed by atoms with E-state index in [0.29, 0.717) is 11.7 Å². The van der Waals surface area contributed by atoms with Crippen LogP contribution >= 0.6 is 22.7 Å². The van der Waals surface area contributed by atoms with Crippen LogP contribution in [0.3, 0.4) is 0 Å². The molecule has 0 unspecified atom stereocenters. The number of amides is 4. The van der Waals surface area contributed by atoms with Crippen LogP contribution in [0.15, 0.2) is 12.1 Å². The molecular weight excluding hydrogens is 400 g/mol. The Kier molecular flexibility index (Phi) is 6.20. The number of nitrogens with one attached hydrogen (secondary N) is 2. The fourth-order valence-electron chi connectivity index (χ4n) is 2.76. The molecule has 0 spiro atoms. The van der Waals surface area contributed by atoms with Gasteiger partial charge in [0.25, 0.3) is 0 Å². The highest BCUT2D eigenvalue weighted by atomic mass is 32.1. The number of carbonyl (C=O) groups is 4. The minimum absolute atomic E-state index is 0.0469. The van der Waals surface area contributed by atoms with Crippen molar-refractivity contribution in [3.05, 3.63) is 21.9 Å². The topological polar surface area (TPSA) is 108 Å². The van der Waals surface area contributed by atoms with Crippen LogP contribution in [0.25, 0.3) is 10.6 Å². The van der Waals surface area contributed by atoms with Crippen molar-refractivity contribution >= 4 is 51.4 Å². The number of hydrogen-bond acceptors (Lipinski definition) is 7. The number of nitrogens with zero attached hydrogens (tertiary/aromatic N) is 2. The first-order valence-corrected chi connectivity index (χ1v) is 10.4. The lowest BCUT2D eigenvalue weighted by Gasteiger charge is -2.12. The number of anilines is 1. The van der Waals surface area contributed by atoms with Crippen molar-refractivity contribution in [1.29, 1.82) is 0 Å². The number of thiazole rings is 1. The number of aryl methyl sites for hydroxylation is 1. The zero-order valence-corrected chi connectivity index (χ0v) is 17.2. The summed E-state index contributed by atoms with van der Waals surface area (Å²) in [4.78, 5) is 54.9. The van der Waals surface area contributed by atoms with Crippen molar-refractivity contribution < 1.29 is 19.2 Å². The van der Waals surface area contributed by atoms with Gasteiger partial charge in [-0.2, -0.15) is 0 Å². The van der Waals surface area contributed by atoms with Crippen LogP contribution in [-0.4, -0.2) is 40.1 Å². The van der Waals surface area contributed by atoms with E-state index in [1.807, 2.05) is 19.1 Å². The van der Waals surface area contributed by atoms with E-state index in [1.165, 1.54) is 29.6 Å². The second kappa shape index (κ2) is 8.61. The predicted octanol–water partition coefficient (Wildman–Crippen LogP) is 2.29. The summed E-state index contributed by atoms with van der Waals surface area (Å²) in [5.74, 6) is -0.816. The van der Waals surface area contributed by atoms with Crippen LogP contribution in [0.4, 0.5) is 5.13 Å². The molecule has 3 heterocycles. The molecule has 1 aliphatic rings. The highest BCUT2D eigenvalue weighted by Gasteiger charge is 2.28. The molecule has 0 aromatic carbocycles. The standard InChI is InChI=1S/C18H20N4O4S2/c1-10-17(13-4-3-12(28-13)9-19-11(2)23)21-18(27-10)20-14(24)7-8-22-15(25)5-6-16(22)26/h3-4H,5-9H2,1-2H3,(H,19,23)(H,20,21,24). The molecule has 148 valence electrons. The summed E-state index contributed by atoms with van der Waals surface area (Å²) >= 11 is 2.91. The summed E-state index contributed by atoms with van der Waals surface area (Å²) in [5.41, 5.74) is 0.796. The van der Waals surface area contributed by atoms with E-state index in [1.54, 1.807) is 0 Å². The van der Waals surface area contributed by atoms with Gasteiger partial charge in [-0.15, -0.1) is 22.7 Å². The average Bonchev–Trinajstić information content (AvgIpc) is 3.31. The van der Waals surface area contributed by atoms with Crippen molar-refractivity contribution in [2.75, 3.05) is 11.9 Å². The molecule has 0 radical (unpaired) electrons. The molecule has 0 saturated carbocycles. The van der Waals surface area contributed by atoms with Crippen molar-refractivity contribution in [1.82, 2.24) is 15.2 Å². The second-order valence-corrected chi connectivity index (χ2v) is 8.71. The first kappa shape index (κ1) is 20.2. The molecule has 2 aromatic heterocycles. The third kappa shape index (κ3) is 4.82. The van der Waals surface area contributed by atoms with E-state index in [-0.39, 0.29) is 49.4 Å². The maximum Gasteiger partial charge on any atom is 0.229 e. The van der Waals surface area contributed by atoms with Crippen LogP contribution in [0.5, 0.6) is 0 Å². The summed E-state index contributed by atoms with van der Waals surface area (Å²) in [5, 5.41) is 5.98. The van der Waals surface area contributed by atoms with Gasteiger partial charge in [0.2, 0.25) is 23.6 Å². The zero-order chi connectivity index (χ0) is 20.3. The Morgan fingerprint density at radius 1 is 1.18 bits per heavy atom. The molecule has 0 aliphatic carbocycles. The molecular formula is C18H20N4O4S2. The van der Waals surface area contributed by atoms with Gasteiger partial charge in [-0.05, 0) is 19.1 Å². The molecule has 3 rings (SSSR count). The normalized spacial score (nSPS) is 13.9. The maximum absolute atomic E-state index is 12.2. The van der Waals surface area contributed by atoms with E-state index < -0.39 is 0 Å². The van der Waals surface area contributed by atoms with E-state index in [4.69, 9.17) is 0 Å². The Balaban J connectivity index is 1.59. The lowest BCUT2D eigenvalue weighted by Crippen LogP contribution is -2.32. The van der Waals surface area contributed by atoms with Crippen LogP contribution in [0, 0.1) is 6.92 Å². The largest absolute Gasteiger partial charge is 0.351 e. The summed E-state index contributed by atoms with van der Waals surface area (Å²) in [6.45, 7) is 3.97. The fourth-order valence-corrected chi connectivity index (χ4v) is 4.66. The Morgan fingerprint density at radius 2 is 1.89 bits per heavy atom. The number of carbonyl (C=O) groups excluding carboxylic acids is 4. The molecule has 4 amide bonds. The number of rotatable bonds is 7. The molecule has 0 atom stereocenters. The summed E-state index contributed by atoms with van der Waals surface area (Å²) in [6, 6.07) is 3.89. The molecule has 8 nitrogen and oxygen atoms in total. The Bertz CT molecular complexity index is 918. The number of thiophene rings is 1. The van der Waals surface area contributed by atoms with Crippen LogP contribution in [-0.2, 0) is 25.7 Å². The highest BCUT2D eigenvalue weighted by Crippen LogP contribution is 2.34. The fraction of sp³-hybridized carbons (Fsp3) is 0.389. The molecule has 0 bridgehead atoms. The lowest BCUT2D eigenvalue weighted by molar-refractivity contribution is -0.138. The van der Waals surface area contributed by atoms with Crippen molar-refractivity contribution in [2.45, 2.75) is 39.7 Å². The predicted molar refractivity (Wildman–Crippen MR) is 107 cm³/mol. The molecule has 10 heteroatoms. The molecule has 1 saturated heterocycles. The Labute approximate surface area is 170 Å². The van der Waals surface area contributed by atoms with Crippen LogP contribution in [0.1, 0.15) is 35.9 Å². The average molecular weight is 421 g/mol. The highest BCUT2D eigenvalue weighted by molar-refractivity contribution is 7.18. The zero-order valence-electron chi connectivity index (χ0n) is 15.5. The van der Waals surface area contributed by atoms with Crippen LogP contribution in [0.2, 0.25) is 0 Å². The van der Waals surface area contributed by atoms with Gasteiger partial charge in [0, 0.05) is 42.5 Å². The van der Waals surface area contributed by atoms with Crippen molar-refractivity contribution in [3.63, 3.8) is 0 Å². The molecule has 1 aliphatic heterocycles. The number of aromatic nitrogens is 1. The van der Waals surface area contributed by atoms with Gasteiger partial charge in [-0.25, -0.2) is 4.98 Å². The first-order chi connectivity index (χ1) is 13.3. The number of likely N-dealkylation sites (tertiary alicyclic amines) is 1. The Morgan fingerprint density at radius 3 is 2.57 bits per heavy atom. The molecule has 2 N–H and O–H groups in total. The summed E-state index contributed by atoms with van der Waals surface area (Å²) < 4.78 is 0. The van der Waals surface area contributed by atoms with Crippen molar-refractivity contribution in [2.24, 2.45) is 0 Å². The van der Waals surface area contributed by atoms with Gasteiger partial charge < -0.3 is 10.6 Å². The third-order valence-electron chi connectivity index (χ3n) is 4.17. The number of imide groups is 1. The molecule has 28 heavy (non-hydrogen) atoms. The monoisotopic (exact) mass is 420 g/mol. The minimum Gasteiger partial charge on any atom is -0.351 e. The van der Waals surface area contributed by atoms with E-state index in [9.17, 15) is 19.2 Å². The van der Waals surface area contributed by atoms with Crippen LogP contribution < -0.4 is 10.6 Å². The van der Waals surface area contributed by atoms with E-state index in [2.05, 4.69) is 15.6 Å². The van der Waals surface area contributed by atoms with Gasteiger partial charge in [0.15, 0.2) is 5.13 Å². The van der Waals surface area contributed by atoms with Crippen molar-refractivity contribution in [3.8, 4) is 10.6 Å². The summed E-state index contributed by atoms with van der Waals surface area (Å²) in [7, 11) is 0. The molecule has 2 aromatic rings. The van der Waals surface area contributed by atoms with Gasteiger partial charge in [-0.1, -0.05) is 0 Å². The van der Waals surface area contributed by atoms with E-state index >= 15 is 0 Å². The minimum atomic E-state index is -0.287. The third-order valence-corrected chi connectivity index (χ3v) is 6.15. The Hall–Kier alpha value is -2.59. The second-order valence-electron chi connectivity index (χ2n) is 6.34. The molecule has 1 fully saturated rings. The maximum atomic E-state index is 12.2. The first-order valence-electron chi connectivity index (χ1n) is 8.77. The lowest BCUT2D eigenvalue weighted by atomic mass is 10.3. The van der Waals surface area contributed by atoms with E-state index in [0.717, 1.165) is 25.2 Å².